The first-order valence-electron chi connectivity index (χ1n) is 15.7. The minimum absolute atomic E-state index is 0.139. The molecule has 3 aromatic rings. The van der Waals surface area contributed by atoms with Crippen LogP contribution in [-0.2, 0) is 23.7 Å². The highest BCUT2D eigenvalue weighted by Gasteiger charge is 2.49. The van der Waals surface area contributed by atoms with Crippen LogP contribution in [0.25, 0.3) is 0 Å². The first kappa shape index (κ1) is 28.6. The van der Waals surface area contributed by atoms with Gasteiger partial charge in [-0.3, -0.25) is 0 Å². The lowest BCUT2D eigenvalue weighted by atomic mass is 9.52. The summed E-state index contributed by atoms with van der Waals surface area (Å²) in [5.74, 6) is 3.11. The lowest BCUT2D eigenvalue weighted by molar-refractivity contribution is 0.0938. The zero-order valence-electron chi connectivity index (χ0n) is 24.9. The molecular weight excluding hydrogens is 492 g/mol. The summed E-state index contributed by atoms with van der Waals surface area (Å²) in [5, 5.41) is 30.8. The average Bonchev–Trinajstić information content (AvgIpc) is 2.97. The van der Waals surface area contributed by atoms with E-state index in [2.05, 4.69) is 52.0 Å². The smallest absolute Gasteiger partial charge is 0.115 e. The van der Waals surface area contributed by atoms with E-state index in [9.17, 15) is 15.3 Å². The molecule has 0 radical (unpaired) electrons. The summed E-state index contributed by atoms with van der Waals surface area (Å²) in [6, 6.07) is 20.1. The van der Waals surface area contributed by atoms with Crippen molar-refractivity contribution in [2.75, 3.05) is 0 Å². The Hall–Kier alpha value is -2.94. The van der Waals surface area contributed by atoms with Crippen molar-refractivity contribution >= 4 is 0 Å². The SMILES string of the molecule is CCc1cc(O)ccc1C1(c2ccc(O)cc2CC)CCC(C2(c3ccc(O)cc3)CCC(C(C)C)CC2)CC1. The summed E-state index contributed by atoms with van der Waals surface area (Å²) in [6.07, 6.45) is 11.1. The molecule has 0 aromatic heterocycles. The van der Waals surface area contributed by atoms with Crippen LogP contribution in [0.15, 0.2) is 60.7 Å². The second-order valence-corrected chi connectivity index (χ2v) is 13.0. The van der Waals surface area contributed by atoms with E-state index in [1.807, 2.05) is 36.4 Å². The molecule has 0 amide bonds. The molecule has 3 nitrogen and oxygen atoms in total. The monoisotopic (exact) mass is 540 g/mol. The van der Waals surface area contributed by atoms with Crippen molar-refractivity contribution in [3.63, 3.8) is 0 Å². The standard InChI is InChI=1S/C37H48O3/c1-5-26-23-32(39)11-13-34(26)37(35-14-12-33(40)24-27(35)6-2)21-17-30(18-22-37)36(29-7-9-31(38)10-8-29)19-15-28(16-20-36)25(3)4/h7-14,23-25,28,30,38-40H,5-6,15-22H2,1-4H3. The van der Waals surface area contributed by atoms with Gasteiger partial charge in [0, 0.05) is 5.41 Å². The third kappa shape index (κ3) is 5.13. The Labute approximate surface area is 241 Å². The number of aromatic hydroxyl groups is 3. The third-order valence-corrected chi connectivity index (χ3v) is 10.9. The van der Waals surface area contributed by atoms with Gasteiger partial charge in [-0.25, -0.2) is 0 Å². The largest absolute Gasteiger partial charge is 0.508 e. The Morgan fingerprint density at radius 2 is 1.12 bits per heavy atom. The molecule has 0 unspecified atom stereocenters. The van der Waals surface area contributed by atoms with E-state index in [0.29, 0.717) is 23.2 Å². The van der Waals surface area contributed by atoms with Crippen LogP contribution in [-0.4, -0.2) is 15.3 Å². The van der Waals surface area contributed by atoms with Crippen LogP contribution in [0.5, 0.6) is 17.2 Å². The van der Waals surface area contributed by atoms with Crippen molar-refractivity contribution in [1.29, 1.82) is 0 Å². The number of aryl methyl sites for hydroxylation is 2. The maximum absolute atomic E-state index is 10.4. The predicted octanol–water partition coefficient (Wildman–Crippen LogP) is 9.19. The van der Waals surface area contributed by atoms with Crippen LogP contribution in [0.2, 0.25) is 0 Å². The molecule has 0 spiro atoms. The van der Waals surface area contributed by atoms with Gasteiger partial charge in [-0.05, 0) is 152 Å². The van der Waals surface area contributed by atoms with Gasteiger partial charge >= 0.3 is 0 Å². The number of hydrogen-bond donors (Lipinski definition) is 3. The molecule has 0 aliphatic heterocycles. The summed E-state index contributed by atoms with van der Waals surface area (Å²) >= 11 is 0. The molecule has 0 bridgehead atoms. The Balaban J connectivity index is 1.56. The molecular formula is C37H48O3. The molecule has 2 saturated carbocycles. The fourth-order valence-electron chi connectivity index (χ4n) is 8.57. The fourth-order valence-corrected chi connectivity index (χ4v) is 8.57. The first-order valence-corrected chi connectivity index (χ1v) is 15.7. The quantitative estimate of drug-likeness (QED) is 0.280. The topological polar surface area (TPSA) is 60.7 Å². The molecule has 0 saturated heterocycles. The van der Waals surface area contributed by atoms with Gasteiger partial charge in [0.15, 0.2) is 0 Å². The summed E-state index contributed by atoms with van der Waals surface area (Å²) < 4.78 is 0. The van der Waals surface area contributed by atoms with Crippen molar-refractivity contribution in [2.24, 2.45) is 17.8 Å². The van der Waals surface area contributed by atoms with Gasteiger partial charge < -0.3 is 15.3 Å². The number of benzene rings is 3. The van der Waals surface area contributed by atoms with E-state index in [1.165, 1.54) is 53.5 Å². The zero-order chi connectivity index (χ0) is 28.5. The van der Waals surface area contributed by atoms with Crippen molar-refractivity contribution in [3.05, 3.63) is 88.5 Å². The molecule has 5 rings (SSSR count). The van der Waals surface area contributed by atoms with Crippen molar-refractivity contribution in [2.45, 2.75) is 103 Å². The molecule has 214 valence electrons. The molecule has 3 aromatic carbocycles. The second kappa shape index (κ2) is 11.5. The maximum Gasteiger partial charge on any atom is 0.115 e. The molecule has 2 fully saturated rings. The Kier molecular flexibility index (Phi) is 8.22. The summed E-state index contributed by atoms with van der Waals surface area (Å²) in [5.41, 5.74) is 6.54. The minimum atomic E-state index is -0.139. The van der Waals surface area contributed by atoms with E-state index >= 15 is 0 Å². The maximum atomic E-state index is 10.4. The van der Waals surface area contributed by atoms with Gasteiger partial charge in [-0.15, -0.1) is 0 Å². The van der Waals surface area contributed by atoms with E-state index in [-0.39, 0.29) is 10.8 Å². The van der Waals surface area contributed by atoms with Crippen LogP contribution in [0.1, 0.15) is 107 Å². The number of phenolic OH excluding ortho intramolecular Hbond substituents is 3. The predicted molar refractivity (Wildman–Crippen MR) is 164 cm³/mol. The normalized spacial score (nSPS) is 23.4. The van der Waals surface area contributed by atoms with Crippen molar-refractivity contribution < 1.29 is 15.3 Å². The molecule has 0 atom stereocenters. The van der Waals surface area contributed by atoms with E-state index in [1.54, 1.807) is 0 Å². The summed E-state index contributed by atoms with van der Waals surface area (Å²) in [4.78, 5) is 0. The first-order chi connectivity index (χ1) is 19.2. The van der Waals surface area contributed by atoms with E-state index in [0.717, 1.165) is 50.4 Å². The summed E-state index contributed by atoms with van der Waals surface area (Å²) in [7, 11) is 0. The van der Waals surface area contributed by atoms with Gasteiger partial charge in [0.05, 0.1) is 0 Å². The van der Waals surface area contributed by atoms with Crippen LogP contribution < -0.4 is 0 Å². The van der Waals surface area contributed by atoms with E-state index in [4.69, 9.17) is 0 Å². The molecule has 40 heavy (non-hydrogen) atoms. The number of phenols is 3. The lowest BCUT2D eigenvalue weighted by Gasteiger charge is -2.52. The zero-order valence-corrected chi connectivity index (χ0v) is 24.9. The fraction of sp³-hybridized carbons (Fsp3) is 0.514. The molecule has 3 heteroatoms. The van der Waals surface area contributed by atoms with E-state index < -0.39 is 0 Å². The Bertz CT molecular complexity index is 1230. The van der Waals surface area contributed by atoms with Gasteiger partial charge in [-0.2, -0.15) is 0 Å². The molecule has 2 aliphatic carbocycles. The molecule has 3 N–H and O–H groups in total. The Morgan fingerprint density at radius 3 is 1.57 bits per heavy atom. The van der Waals surface area contributed by atoms with Crippen LogP contribution in [0.4, 0.5) is 0 Å². The molecule has 2 aliphatic rings. The Morgan fingerprint density at radius 1 is 0.650 bits per heavy atom. The minimum Gasteiger partial charge on any atom is -0.508 e. The molecule has 0 heterocycles. The number of hydrogen-bond acceptors (Lipinski definition) is 3. The highest BCUT2D eigenvalue weighted by Crippen LogP contribution is 2.57. The van der Waals surface area contributed by atoms with Gasteiger partial charge in [-0.1, -0.05) is 52.0 Å². The van der Waals surface area contributed by atoms with Crippen molar-refractivity contribution in [1.82, 2.24) is 0 Å². The second-order valence-electron chi connectivity index (χ2n) is 13.0. The highest BCUT2D eigenvalue weighted by atomic mass is 16.3. The van der Waals surface area contributed by atoms with Crippen molar-refractivity contribution in [3.8, 4) is 17.2 Å². The third-order valence-electron chi connectivity index (χ3n) is 10.9. The van der Waals surface area contributed by atoms with Crippen LogP contribution >= 0.6 is 0 Å². The summed E-state index contributed by atoms with van der Waals surface area (Å²) in [6.45, 7) is 9.11. The number of rotatable bonds is 7. The van der Waals surface area contributed by atoms with Gasteiger partial charge in [0.1, 0.15) is 17.2 Å². The average molecular weight is 541 g/mol. The van der Waals surface area contributed by atoms with Gasteiger partial charge in [0.2, 0.25) is 0 Å². The lowest BCUT2D eigenvalue weighted by Crippen LogP contribution is -2.45. The van der Waals surface area contributed by atoms with Gasteiger partial charge in [0.25, 0.3) is 0 Å². The van der Waals surface area contributed by atoms with Crippen LogP contribution in [0.3, 0.4) is 0 Å². The van der Waals surface area contributed by atoms with Crippen LogP contribution in [0, 0.1) is 17.8 Å². The highest BCUT2D eigenvalue weighted by molar-refractivity contribution is 5.51.